The molecule has 138 valence electrons. The fourth-order valence-corrected chi connectivity index (χ4v) is 6.84. The summed E-state index contributed by atoms with van der Waals surface area (Å²) in [5.74, 6) is 0. The van der Waals surface area contributed by atoms with Crippen LogP contribution in [-0.4, -0.2) is 29.0 Å². The average molecular weight is 382 g/mol. The van der Waals surface area contributed by atoms with E-state index in [1.165, 1.54) is 4.88 Å². The second-order valence-corrected chi connectivity index (χ2v) is 11.0. The minimum absolute atomic E-state index is 0.0551. The van der Waals surface area contributed by atoms with Crippen LogP contribution in [-0.2, 0) is 15.6 Å². The first-order chi connectivity index (χ1) is 11.5. The van der Waals surface area contributed by atoms with Crippen molar-refractivity contribution in [3.8, 4) is 0 Å². The highest BCUT2D eigenvalue weighted by molar-refractivity contribution is 7.89. The number of rotatable bonds is 3. The third-order valence-electron chi connectivity index (χ3n) is 4.72. The molecule has 5 nitrogen and oxygen atoms in total. The molecule has 0 bridgehead atoms. The molecule has 25 heavy (non-hydrogen) atoms. The van der Waals surface area contributed by atoms with E-state index in [0.29, 0.717) is 17.1 Å². The van der Waals surface area contributed by atoms with E-state index < -0.39 is 10.0 Å². The lowest BCUT2D eigenvalue weighted by Gasteiger charge is -2.24. The number of aromatic nitrogens is 2. The van der Waals surface area contributed by atoms with Gasteiger partial charge in [-0.05, 0) is 66.5 Å². The Hall–Kier alpha value is -1.18. The summed E-state index contributed by atoms with van der Waals surface area (Å²) >= 11 is 1.69. The molecule has 2 aromatic heterocycles. The molecule has 1 saturated heterocycles. The van der Waals surface area contributed by atoms with E-state index in [2.05, 4.69) is 24.2 Å². The predicted octanol–water partition coefficient (Wildman–Crippen LogP) is 4.15. The monoisotopic (exact) mass is 381 g/mol. The van der Waals surface area contributed by atoms with Crippen LogP contribution in [0.2, 0.25) is 0 Å². The van der Waals surface area contributed by atoms with Crippen molar-refractivity contribution in [3.05, 3.63) is 33.3 Å². The summed E-state index contributed by atoms with van der Waals surface area (Å²) in [7, 11) is -3.57. The Morgan fingerprint density at radius 1 is 1.20 bits per heavy atom. The maximum Gasteiger partial charge on any atom is 0.247 e. The Morgan fingerprint density at radius 2 is 1.88 bits per heavy atom. The molecule has 0 amide bonds. The summed E-state index contributed by atoms with van der Waals surface area (Å²) in [6.07, 6.45) is 1.77. The van der Waals surface area contributed by atoms with Crippen molar-refractivity contribution in [1.82, 2.24) is 14.1 Å². The molecule has 0 aromatic carbocycles. The van der Waals surface area contributed by atoms with Crippen LogP contribution < -0.4 is 0 Å². The normalized spacial score (nSPS) is 19.7. The summed E-state index contributed by atoms with van der Waals surface area (Å²) in [6, 6.07) is 4.08. The van der Waals surface area contributed by atoms with Gasteiger partial charge in [-0.3, -0.25) is 4.68 Å². The summed E-state index contributed by atoms with van der Waals surface area (Å²) in [6.45, 7) is 12.4. The molecule has 0 radical (unpaired) electrons. The van der Waals surface area contributed by atoms with Gasteiger partial charge in [-0.2, -0.15) is 9.40 Å². The molecule has 2 aromatic rings. The maximum absolute atomic E-state index is 13.5. The largest absolute Gasteiger partial charge is 0.263 e. The molecule has 1 unspecified atom stereocenters. The van der Waals surface area contributed by atoms with Gasteiger partial charge in [0.1, 0.15) is 4.90 Å². The van der Waals surface area contributed by atoms with Crippen LogP contribution in [0, 0.1) is 20.8 Å². The molecule has 3 heterocycles. The van der Waals surface area contributed by atoms with Crippen molar-refractivity contribution in [2.75, 3.05) is 6.54 Å². The van der Waals surface area contributed by atoms with Gasteiger partial charge < -0.3 is 0 Å². The van der Waals surface area contributed by atoms with Gasteiger partial charge in [0.15, 0.2) is 0 Å². The van der Waals surface area contributed by atoms with Crippen LogP contribution in [0.15, 0.2) is 17.0 Å². The number of thiophene rings is 1. The smallest absolute Gasteiger partial charge is 0.247 e. The molecule has 0 aliphatic carbocycles. The standard InChI is InChI=1S/C18H27N3O2S2/c1-12-9-10-16(24-12)15-8-7-11-20(15)25(22,23)17-13(2)19-21(14(17)3)18(4,5)6/h9-10,15H,7-8,11H2,1-6H3. The first kappa shape index (κ1) is 18.6. The Bertz CT molecular complexity index is 888. The number of nitrogens with zero attached hydrogens (tertiary/aromatic N) is 3. The van der Waals surface area contributed by atoms with Crippen molar-refractivity contribution < 1.29 is 8.42 Å². The highest BCUT2D eigenvalue weighted by Crippen LogP contribution is 2.40. The molecule has 0 N–H and O–H groups in total. The zero-order valence-corrected chi connectivity index (χ0v) is 17.5. The summed E-state index contributed by atoms with van der Waals surface area (Å²) in [5, 5.41) is 4.53. The molecule has 1 atom stereocenters. The molecule has 3 rings (SSSR count). The van der Waals surface area contributed by atoms with Crippen molar-refractivity contribution in [2.24, 2.45) is 0 Å². The SMILES string of the molecule is Cc1ccc(C2CCCN2S(=O)(=O)c2c(C)nn(C(C)(C)C)c2C)s1. The number of aryl methyl sites for hydroxylation is 2. The highest BCUT2D eigenvalue weighted by atomic mass is 32.2. The van der Waals surface area contributed by atoms with E-state index in [0.717, 1.165) is 23.4 Å². The Labute approximate surface area is 154 Å². The van der Waals surface area contributed by atoms with E-state index in [9.17, 15) is 8.42 Å². The average Bonchev–Trinajstić information content (AvgIpc) is 3.16. The van der Waals surface area contributed by atoms with Gasteiger partial charge in [0.25, 0.3) is 0 Å². The third-order valence-corrected chi connectivity index (χ3v) is 7.98. The topological polar surface area (TPSA) is 55.2 Å². The van der Waals surface area contributed by atoms with Crippen LogP contribution in [0.3, 0.4) is 0 Å². The minimum Gasteiger partial charge on any atom is -0.263 e. The van der Waals surface area contributed by atoms with Crippen LogP contribution in [0.25, 0.3) is 0 Å². The quantitative estimate of drug-likeness (QED) is 0.802. The lowest BCUT2D eigenvalue weighted by Crippen LogP contribution is -2.31. The van der Waals surface area contributed by atoms with E-state index in [4.69, 9.17) is 0 Å². The van der Waals surface area contributed by atoms with Gasteiger partial charge in [0, 0.05) is 16.3 Å². The second kappa shape index (κ2) is 6.21. The van der Waals surface area contributed by atoms with Crippen molar-refractivity contribution >= 4 is 21.4 Å². The molecule has 0 spiro atoms. The summed E-state index contributed by atoms with van der Waals surface area (Å²) < 4.78 is 30.5. The maximum atomic E-state index is 13.5. The first-order valence-corrected chi connectivity index (χ1v) is 10.9. The Balaban J connectivity index is 2.06. The fraction of sp³-hybridized carbons (Fsp3) is 0.611. The fourth-order valence-electron chi connectivity index (χ4n) is 3.72. The van der Waals surface area contributed by atoms with Crippen LogP contribution in [0.5, 0.6) is 0 Å². The number of hydrogen-bond donors (Lipinski definition) is 0. The van der Waals surface area contributed by atoms with Crippen LogP contribution >= 0.6 is 11.3 Å². The number of hydrogen-bond acceptors (Lipinski definition) is 4. The highest BCUT2D eigenvalue weighted by Gasteiger charge is 2.40. The zero-order chi connectivity index (χ0) is 18.6. The van der Waals surface area contributed by atoms with E-state index in [-0.39, 0.29) is 11.6 Å². The molecular formula is C18H27N3O2S2. The lowest BCUT2D eigenvalue weighted by molar-refractivity contribution is 0.345. The number of sulfonamides is 1. The Kier molecular flexibility index (Phi) is 4.62. The van der Waals surface area contributed by atoms with E-state index in [1.807, 2.05) is 32.4 Å². The summed E-state index contributed by atoms with van der Waals surface area (Å²) in [5.41, 5.74) is 1.05. The van der Waals surface area contributed by atoms with Crippen molar-refractivity contribution in [2.45, 2.75) is 70.9 Å². The van der Waals surface area contributed by atoms with Gasteiger partial charge in [-0.15, -0.1) is 11.3 Å². The van der Waals surface area contributed by atoms with Crippen molar-refractivity contribution in [3.63, 3.8) is 0 Å². The van der Waals surface area contributed by atoms with Crippen LogP contribution in [0.1, 0.15) is 60.8 Å². The molecule has 0 saturated carbocycles. The van der Waals surface area contributed by atoms with Crippen LogP contribution in [0.4, 0.5) is 0 Å². The molecule has 1 aliphatic rings. The molecule has 1 aliphatic heterocycles. The first-order valence-electron chi connectivity index (χ1n) is 8.68. The van der Waals surface area contributed by atoms with Gasteiger partial charge in [-0.1, -0.05) is 0 Å². The van der Waals surface area contributed by atoms with Gasteiger partial charge >= 0.3 is 0 Å². The van der Waals surface area contributed by atoms with E-state index >= 15 is 0 Å². The predicted molar refractivity (Wildman–Crippen MR) is 102 cm³/mol. The van der Waals surface area contributed by atoms with Gasteiger partial charge in [0.2, 0.25) is 10.0 Å². The van der Waals surface area contributed by atoms with E-state index in [1.54, 1.807) is 22.6 Å². The minimum atomic E-state index is -3.57. The lowest BCUT2D eigenvalue weighted by atomic mass is 10.1. The van der Waals surface area contributed by atoms with Gasteiger partial charge in [-0.25, -0.2) is 8.42 Å². The molecule has 1 fully saturated rings. The molecular weight excluding hydrogens is 354 g/mol. The Morgan fingerprint density at radius 3 is 2.40 bits per heavy atom. The second-order valence-electron chi connectivity index (χ2n) is 7.80. The zero-order valence-electron chi connectivity index (χ0n) is 15.8. The van der Waals surface area contributed by atoms with Gasteiger partial charge in [0.05, 0.1) is 23.0 Å². The summed E-state index contributed by atoms with van der Waals surface area (Å²) in [4.78, 5) is 2.73. The molecule has 7 heteroatoms. The third kappa shape index (κ3) is 3.17. The van der Waals surface area contributed by atoms with Crippen molar-refractivity contribution in [1.29, 1.82) is 0 Å².